The molecule has 0 saturated carbocycles. The fraction of sp³-hybridized carbons (Fsp3) is 0.450. The van der Waals surface area contributed by atoms with Crippen molar-refractivity contribution in [3.63, 3.8) is 0 Å². The summed E-state index contributed by atoms with van der Waals surface area (Å²) >= 11 is 0. The SMILES string of the molecule is CC(C)OC(=O)[C@@H](C)NP(=O)(OC[C@H]1OC[C@@H](n2ccc(N)nc2=O)O1)Oc1ccccc1. The number of hydrogen-bond donors (Lipinski definition) is 2. The van der Waals surface area contributed by atoms with E-state index in [-0.39, 0.29) is 30.9 Å². The summed E-state index contributed by atoms with van der Waals surface area (Å²) in [5.41, 5.74) is 4.90. The first kappa shape index (κ1) is 24.9. The molecule has 1 aromatic heterocycles. The molecule has 0 radical (unpaired) electrons. The molecule has 4 atom stereocenters. The Bertz CT molecular complexity index is 1050. The van der Waals surface area contributed by atoms with Gasteiger partial charge in [-0.25, -0.2) is 9.36 Å². The van der Waals surface area contributed by atoms with E-state index >= 15 is 0 Å². The van der Waals surface area contributed by atoms with Crippen molar-refractivity contribution in [2.24, 2.45) is 0 Å². The number of aromatic nitrogens is 2. The van der Waals surface area contributed by atoms with Crippen LogP contribution in [0.25, 0.3) is 0 Å². The number of nitrogens with one attached hydrogen (secondary N) is 1. The average molecular weight is 482 g/mol. The minimum atomic E-state index is -4.06. The number of ether oxygens (including phenoxy) is 3. The van der Waals surface area contributed by atoms with Crippen LogP contribution in [-0.4, -0.2) is 47.2 Å². The topological polar surface area (TPSA) is 153 Å². The lowest BCUT2D eigenvalue weighted by atomic mass is 10.3. The molecular formula is C20H27N4O8P. The predicted molar refractivity (Wildman–Crippen MR) is 117 cm³/mol. The second-order valence-electron chi connectivity index (χ2n) is 7.43. The number of carbonyl (C=O) groups is 1. The number of nitrogens with zero attached hydrogens (tertiary/aromatic N) is 2. The molecule has 1 fully saturated rings. The van der Waals surface area contributed by atoms with E-state index in [0.717, 1.165) is 0 Å². The van der Waals surface area contributed by atoms with Gasteiger partial charge in [-0.1, -0.05) is 18.2 Å². The number of anilines is 1. The van der Waals surface area contributed by atoms with Gasteiger partial charge in [-0.15, -0.1) is 0 Å². The predicted octanol–water partition coefficient (Wildman–Crippen LogP) is 1.83. The van der Waals surface area contributed by atoms with Gasteiger partial charge in [0.15, 0.2) is 12.5 Å². The molecule has 33 heavy (non-hydrogen) atoms. The molecule has 180 valence electrons. The van der Waals surface area contributed by atoms with Gasteiger partial charge < -0.3 is 24.5 Å². The first-order chi connectivity index (χ1) is 15.6. The highest BCUT2D eigenvalue weighted by molar-refractivity contribution is 7.52. The van der Waals surface area contributed by atoms with Crippen LogP contribution in [0, 0.1) is 0 Å². The molecule has 1 aliphatic rings. The fourth-order valence-electron chi connectivity index (χ4n) is 2.82. The van der Waals surface area contributed by atoms with Gasteiger partial charge in [0, 0.05) is 6.20 Å². The molecule has 12 nitrogen and oxygen atoms in total. The largest absolute Gasteiger partial charge is 0.462 e. The molecule has 1 aliphatic heterocycles. The number of nitrogen functional groups attached to an aromatic ring is 1. The molecule has 3 rings (SSSR count). The average Bonchev–Trinajstić information content (AvgIpc) is 3.21. The Hall–Kier alpha value is -2.76. The Morgan fingerprint density at radius 1 is 1.30 bits per heavy atom. The van der Waals surface area contributed by atoms with Crippen LogP contribution < -0.4 is 21.0 Å². The van der Waals surface area contributed by atoms with E-state index in [0.29, 0.717) is 0 Å². The van der Waals surface area contributed by atoms with E-state index in [1.807, 2.05) is 0 Å². The third-order valence-corrected chi connectivity index (χ3v) is 5.95. The van der Waals surface area contributed by atoms with Crippen molar-refractivity contribution in [3.05, 3.63) is 53.1 Å². The lowest BCUT2D eigenvalue weighted by Crippen LogP contribution is -2.36. The van der Waals surface area contributed by atoms with Gasteiger partial charge in [0.25, 0.3) is 0 Å². The van der Waals surface area contributed by atoms with Crippen LogP contribution in [0.2, 0.25) is 0 Å². The molecule has 3 N–H and O–H groups in total. The number of benzene rings is 1. The Morgan fingerprint density at radius 2 is 2.03 bits per heavy atom. The second-order valence-corrected chi connectivity index (χ2v) is 9.12. The highest BCUT2D eigenvalue weighted by Crippen LogP contribution is 2.45. The molecule has 1 aromatic carbocycles. The third kappa shape index (κ3) is 7.11. The van der Waals surface area contributed by atoms with E-state index in [1.165, 1.54) is 23.8 Å². The van der Waals surface area contributed by atoms with Crippen molar-refractivity contribution in [2.45, 2.75) is 45.4 Å². The van der Waals surface area contributed by atoms with Gasteiger partial charge in [-0.05, 0) is 39.0 Å². The lowest BCUT2D eigenvalue weighted by Gasteiger charge is -2.24. The smallest absolute Gasteiger partial charge is 0.459 e. The zero-order chi connectivity index (χ0) is 24.0. The normalized spacial score (nSPS) is 20.8. The Balaban J connectivity index is 1.66. The summed E-state index contributed by atoms with van der Waals surface area (Å²) in [4.78, 5) is 27.8. The maximum atomic E-state index is 13.4. The molecule has 1 saturated heterocycles. The van der Waals surface area contributed by atoms with Gasteiger partial charge in [0.1, 0.15) is 24.2 Å². The van der Waals surface area contributed by atoms with Crippen LogP contribution in [0.3, 0.4) is 0 Å². The van der Waals surface area contributed by atoms with Crippen molar-refractivity contribution in [1.29, 1.82) is 0 Å². The number of esters is 1. The molecule has 0 bridgehead atoms. The molecule has 2 heterocycles. The summed E-state index contributed by atoms with van der Waals surface area (Å²) in [6.45, 7) is 4.61. The van der Waals surface area contributed by atoms with E-state index < -0.39 is 38.0 Å². The zero-order valence-corrected chi connectivity index (χ0v) is 19.3. The summed E-state index contributed by atoms with van der Waals surface area (Å²) < 4.78 is 42.0. The van der Waals surface area contributed by atoms with Crippen LogP contribution in [0.4, 0.5) is 5.82 Å². The van der Waals surface area contributed by atoms with E-state index in [4.69, 9.17) is 29.0 Å². The van der Waals surface area contributed by atoms with Gasteiger partial charge in [-0.3, -0.25) is 13.9 Å². The number of para-hydroxylation sites is 1. The molecule has 0 amide bonds. The third-order valence-electron chi connectivity index (χ3n) is 4.30. The molecule has 0 spiro atoms. The number of hydrogen-bond acceptors (Lipinski definition) is 10. The maximum Gasteiger partial charge on any atom is 0.459 e. The number of nitrogens with two attached hydrogens (primary N) is 1. The summed E-state index contributed by atoms with van der Waals surface area (Å²) in [5, 5.41) is 2.58. The van der Waals surface area contributed by atoms with Crippen LogP contribution in [0.15, 0.2) is 47.4 Å². The van der Waals surface area contributed by atoms with Crippen molar-refractivity contribution < 1.29 is 32.6 Å². The lowest BCUT2D eigenvalue weighted by molar-refractivity contribution is -0.149. The summed E-state index contributed by atoms with van der Waals surface area (Å²) in [6, 6.07) is 8.81. The van der Waals surface area contributed by atoms with Gasteiger partial charge >= 0.3 is 19.4 Å². The van der Waals surface area contributed by atoms with E-state index in [9.17, 15) is 14.2 Å². The molecule has 13 heteroatoms. The first-order valence-electron chi connectivity index (χ1n) is 10.2. The van der Waals surface area contributed by atoms with Crippen LogP contribution in [0.5, 0.6) is 5.75 Å². The highest BCUT2D eigenvalue weighted by atomic mass is 31.2. The minimum absolute atomic E-state index is 0.0356. The Morgan fingerprint density at radius 3 is 2.70 bits per heavy atom. The van der Waals surface area contributed by atoms with E-state index in [1.54, 1.807) is 44.2 Å². The molecule has 2 aromatic rings. The van der Waals surface area contributed by atoms with Gasteiger partial charge in [0.2, 0.25) is 0 Å². The fourth-order valence-corrected chi connectivity index (χ4v) is 4.29. The zero-order valence-electron chi connectivity index (χ0n) is 18.5. The Kier molecular flexibility index (Phi) is 8.22. The number of rotatable bonds is 10. The van der Waals surface area contributed by atoms with Crippen molar-refractivity contribution >= 4 is 19.5 Å². The van der Waals surface area contributed by atoms with Crippen LogP contribution >= 0.6 is 7.75 Å². The summed E-state index contributed by atoms with van der Waals surface area (Å²) in [6.07, 6.45) is -0.622. The first-order valence-corrected chi connectivity index (χ1v) is 11.8. The number of carbonyl (C=O) groups excluding carboxylic acids is 1. The van der Waals surface area contributed by atoms with Crippen LogP contribution in [0.1, 0.15) is 27.0 Å². The highest BCUT2D eigenvalue weighted by Gasteiger charge is 2.36. The quantitative estimate of drug-likeness (QED) is 0.377. The van der Waals surface area contributed by atoms with Crippen molar-refractivity contribution in [3.8, 4) is 5.75 Å². The van der Waals surface area contributed by atoms with Gasteiger partial charge in [0.05, 0.1) is 12.7 Å². The van der Waals surface area contributed by atoms with E-state index in [2.05, 4.69) is 10.1 Å². The minimum Gasteiger partial charge on any atom is -0.462 e. The summed E-state index contributed by atoms with van der Waals surface area (Å²) in [7, 11) is -4.06. The van der Waals surface area contributed by atoms with Crippen molar-refractivity contribution in [1.82, 2.24) is 14.6 Å². The molecule has 0 aliphatic carbocycles. The second kappa shape index (κ2) is 10.9. The van der Waals surface area contributed by atoms with Crippen LogP contribution in [-0.2, 0) is 28.1 Å². The van der Waals surface area contributed by atoms with Crippen molar-refractivity contribution in [2.75, 3.05) is 18.9 Å². The standard InChI is InChI=1S/C20H27N4O8P/c1-13(2)30-19(25)14(3)23-33(27,32-15-7-5-4-6-8-15)29-12-18-28-11-17(31-18)24-10-9-16(21)22-20(24)26/h4-10,13-14,17-18H,11-12H2,1-3H3,(H,23,27)(H2,21,22,26)/t14-,17+,18+,33?/m1/s1. The van der Waals surface area contributed by atoms with Gasteiger partial charge in [-0.2, -0.15) is 10.1 Å². The Labute approximate surface area is 190 Å². The summed E-state index contributed by atoms with van der Waals surface area (Å²) in [5.74, 6) is -0.261. The monoisotopic (exact) mass is 482 g/mol. The molecule has 1 unspecified atom stereocenters. The maximum absolute atomic E-state index is 13.4. The molecular weight excluding hydrogens is 455 g/mol.